The summed E-state index contributed by atoms with van der Waals surface area (Å²) in [4.78, 5) is 15.1. The number of carbonyl (C=O) groups excluding carboxylic acids is 1. The number of hydrogen-bond acceptors (Lipinski definition) is 4. The summed E-state index contributed by atoms with van der Waals surface area (Å²) in [5.74, 6) is 1.38. The molecule has 168 valence electrons. The standard InChI is InChI=1S/C23H37N3O3S/c1-16(2)30(28,29)25-21-7-5-19(6-8-21)23(27)24-20-9-11-22(12-10-20)26-14-17(3)13-18(4)15-26/h9-12,16-19,21,25H,5-8,13-15H2,1-4H3,(H,24,27)/t17-,18+,19-,21-. The van der Waals surface area contributed by atoms with Gasteiger partial charge in [-0.05, 0) is 82.1 Å². The van der Waals surface area contributed by atoms with E-state index in [-0.39, 0.29) is 17.9 Å². The zero-order chi connectivity index (χ0) is 21.9. The number of rotatable bonds is 6. The first-order valence-corrected chi connectivity index (χ1v) is 12.9. The second-order valence-electron chi connectivity index (χ2n) is 9.65. The molecule has 30 heavy (non-hydrogen) atoms. The molecule has 2 N–H and O–H groups in total. The van der Waals surface area contributed by atoms with Gasteiger partial charge >= 0.3 is 0 Å². The Balaban J connectivity index is 1.50. The van der Waals surface area contributed by atoms with Crippen LogP contribution in [-0.4, -0.2) is 38.7 Å². The van der Waals surface area contributed by atoms with Crippen LogP contribution in [0, 0.1) is 17.8 Å². The molecule has 1 amide bonds. The molecule has 2 aliphatic rings. The van der Waals surface area contributed by atoms with Crippen LogP contribution >= 0.6 is 0 Å². The van der Waals surface area contributed by atoms with Gasteiger partial charge in [0.2, 0.25) is 15.9 Å². The summed E-state index contributed by atoms with van der Waals surface area (Å²) < 4.78 is 26.9. The van der Waals surface area contributed by atoms with Crippen LogP contribution in [0.3, 0.4) is 0 Å². The largest absolute Gasteiger partial charge is 0.371 e. The fourth-order valence-corrected chi connectivity index (χ4v) is 5.69. The summed E-state index contributed by atoms with van der Waals surface area (Å²) in [6.07, 6.45) is 4.10. The molecule has 0 spiro atoms. The van der Waals surface area contributed by atoms with Crippen molar-refractivity contribution in [3.05, 3.63) is 24.3 Å². The molecule has 1 aromatic carbocycles. The number of nitrogens with one attached hydrogen (secondary N) is 2. The Morgan fingerprint density at radius 2 is 1.57 bits per heavy atom. The second kappa shape index (κ2) is 9.69. The van der Waals surface area contributed by atoms with Gasteiger partial charge in [-0.25, -0.2) is 13.1 Å². The molecular weight excluding hydrogens is 398 g/mol. The van der Waals surface area contributed by atoms with Crippen LogP contribution in [0.4, 0.5) is 11.4 Å². The molecule has 1 aromatic rings. The molecule has 0 aromatic heterocycles. The Hall–Kier alpha value is -1.60. The topological polar surface area (TPSA) is 78.5 Å². The number of carbonyl (C=O) groups is 1. The molecule has 3 rings (SSSR count). The Morgan fingerprint density at radius 1 is 1.00 bits per heavy atom. The second-order valence-corrected chi connectivity index (χ2v) is 11.9. The number of hydrogen-bond donors (Lipinski definition) is 2. The molecule has 1 heterocycles. The molecule has 6 nitrogen and oxygen atoms in total. The molecule has 0 radical (unpaired) electrons. The van der Waals surface area contributed by atoms with Gasteiger partial charge in [0.25, 0.3) is 0 Å². The van der Waals surface area contributed by atoms with Crippen LogP contribution in [0.15, 0.2) is 24.3 Å². The summed E-state index contributed by atoms with van der Waals surface area (Å²) >= 11 is 0. The van der Waals surface area contributed by atoms with Crippen LogP contribution in [0.25, 0.3) is 0 Å². The van der Waals surface area contributed by atoms with Gasteiger partial charge in [-0.3, -0.25) is 4.79 Å². The Bertz CT molecular complexity index is 805. The first kappa shape index (κ1) is 23.1. The predicted octanol–water partition coefficient (Wildman–Crippen LogP) is 3.99. The third-order valence-corrected chi connectivity index (χ3v) is 8.32. The van der Waals surface area contributed by atoms with Crippen molar-refractivity contribution in [1.82, 2.24) is 4.72 Å². The van der Waals surface area contributed by atoms with E-state index in [9.17, 15) is 13.2 Å². The van der Waals surface area contributed by atoms with Crippen molar-refractivity contribution in [3.8, 4) is 0 Å². The monoisotopic (exact) mass is 435 g/mol. The summed E-state index contributed by atoms with van der Waals surface area (Å²) in [6.45, 7) is 10.1. The first-order chi connectivity index (χ1) is 14.1. The minimum Gasteiger partial charge on any atom is -0.371 e. The zero-order valence-corrected chi connectivity index (χ0v) is 19.5. The van der Waals surface area contributed by atoms with E-state index in [0.717, 1.165) is 18.8 Å². The lowest BCUT2D eigenvalue weighted by Crippen LogP contribution is -2.42. The van der Waals surface area contributed by atoms with E-state index in [1.54, 1.807) is 13.8 Å². The lowest BCUT2D eigenvalue weighted by Gasteiger charge is -2.36. The number of piperidine rings is 1. The molecule has 0 bridgehead atoms. The highest BCUT2D eigenvalue weighted by Gasteiger charge is 2.29. The highest BCUT2D eigenvalue weighted by atomic mass is 32.2. The van der Waals surface area contributed by atoms with E-state index >= 15 is 0 Å². The maximum Gasteiger partial charge on any atom is 0.227 e. The van der Waals surface area contributed by atoms with Crippen LogP contribution in [0.1, 0.15) is 59.8 Å². The highest BCUT2D eigenvalue weighted by Crippen LogP contribution is 2.29. The molecule has 1 aliphatic heterocycles. The van der Waals surface area contributed by atoms with E-state index in [2.05, 4.69) is 40.9 Å². The Morgan fingerprint density at radius 3 is 2.10 bits per heavy atom. The summed E-state index contributed by atoms with van der Waals surface area (Å²) in [7, 11) is -3.26. The van der Waals surface area contributed by atoms with E-state index in [1.807, 2.05) is 12.1 Å². The van der Waals surface area contributed by atoms with Crippen molar-refractivity contribution in [3.63, 3.8) is 0 Å². The maximum absolute atomic E-state index is 12.7. The van der Waals surface area contributed by atoms with Gasteiger partial charge in [0, 0.05) is 36.4 Å². The zero-order valence-electron chi connectivity index (χ0n) is 18.7. The number of anilines is 2. The Kier molecular flexibility index (Phi) is 7.45. The maximum atomic E-state index is 12.7. The van der Waals surface area contributed by atoms with Gasteiger partial charge < -0.3 is 10.2 Å². The average Bonchev–Trinajstić information content (AvgIpc) is 2.68. The molecular formula is C23H37N3O3S. The van der Waals surface area contributed by atoms with Crippen LogP contribution in [0.2, 0.25) is 0 Å². The molecule has 1 saturated carbocycles. The number of amides is 1. The van der Waals surface area contributed by atoms with Gasteiger partial charge in [-0.2, -0.15) is 0 Å². The van der Waals surface area contributed by atoms with E-state index in [0.29, 0.717) is 37.5 Å². The van der Waals surface area contributed by atoms with Gasteiger partial charge in [0.05, 0.1) is 5.25 Å². The first-order valence-electron chi connectivity index (χ1n) is 11.3. The quantitative estimate of drug-likeness (QED) is 0.708. The summed E-state index contributed by atoms with van der Waals surface area (Å²) in [5, 5.41) is 2.61. The average molecular weight is 436 g/mol. The van der Waals surface area contributed by atoms with Crippen LogP contribution in [0.5, 0.6) is 0 Å². The fourth-order valence-electron chi connectivity index (χ4n) is 4.72. The third-order valence-electron chi connectivity index (χ3n) is 6.42. The molecule has 1 aliphatic carbocycles. The SMILES string of the molecule is CC(C)S(=O)(=O)N[C@H]1CC[C@H](C(=O)Nc2ccc(N3C[C@H](C)C[C@H](C)C3)cc2)CC1. The van der Waals surface area contributed by atoms with Crippen LogP contribution < -0.4 is 14.9 Å². The van der Waals surface area contributed by atoms with Gasteiger partial charge in [-0.15, -0.1) is 0 Å². The van der Waals surface area contributed by atoms with Gasteiger partial charge in [0.15, 0.2) is 0 Å². The molecule has 1 saturated heterocycles. The van der Waals surface area contributed by atoms with Crippen molar-refractivity contribution >= 4 is 27.3 Å². The van der Waals surface area contributed by atoms with Crippen molar-refractivity contribution < 1.29 is 13.2 Å². The Labute approximate surface area is 181 Å². The fraction of sp³-hybridized carbons (Fsp3) is 0.696. The molecule has 7 heteroatoms. The van der Waals surface area contributed by atoms with Crippen molar-refractivity contribution in [2.45, 2.75) is 71.1 Å². The normalized spacial score (nSPS) is 27.8. The minimum absolute atomic E-state index is 0.0353. The number of sulfonamides is 1. The third kappa shape index (κ3) is 5.97. The van der Waals surface area contributed by atoms with Crippen molar-refractivity contribution in [2.24, 2.45) is 17.8 Å². The van der Waals surface area contributed by atoms with E-state index in [1.165, 1.54) is 12.1 Å². The predicted molar refractivity (Wildman–Crippen MR) is 123 cm³/mol. The lowest BCUT2D eigenvalue weighted by atomic mass is 9.86. The van der Waals surface area contributed by atoms with Gasteiger partial charge in [0.1, 0.15) is 0 Å². The van der Waals surface area contributed by atoms with Gasteiger partial charge in [-0.1, -0.05) is 13.8 Å². The molecule has 2 atom stereocenters. The molecule has 0 unspecified atom stereocenters. The molecule has 2 fully saturated rings. The lowest BCUT2D eigenvalue weighted by molar-refractivity contribution is -0.120. The van der Waals surface area contributed by atoms with E-state index < -0.39 is 15.3 Å². The summed E-state index contributed by atoms with van der Waals surface area (Å²) in [6, 6.07) is 8.10. The highest BCUT2D eigenvalue weighted by molar-refractivity contribution is 7.90. The smallest absolute Gasteiger partial charge is 0.227 e. The van der Waals surface area contributed by atoms with E-state index in [4.69, 9.17) is 0 Å². The van der Waals surface area contributed by atoms with Crippen molar-refractivity contribution in [1.29, 1.82) is 0 Å². The number of benzene rings is 1. The minimum atomic E-state index is -3.26. The summed E-state index contributed by atoms with van der Waals surface area (Å²) in [5.41, 5.74) is 2.04. The van der Waals surface area contributed by atoms with Crippen molar-refractivity contribution in [2.75, 3.05) is 23.3 Å². The number of nitrogens with zero attached hydrogens (tertiary/aromatic N) is 1. The van der Waals surface area contributed by atoms with Crippen LogP contribution in [-0.2, 0) is 14.8 Å².